The maximum absolute atomic E-state index is 13.2. The molecule has 1 fully saturated rings. The third-order valence-electron chi connectivity index (χ3n) is 5.46. The number of thioether (sulfide) groups is 1. The Hall–Kier alpha value is -2.95. The fraction of sp³-hybridized carbons (Fsp3) is 0.304. The van der Waals surface area contributed by atoms with E-state index in [1.54, 1.807) is 31.4 Å². The summed E-state index contributed by atoms with van der Waals surface area (Å²) in [5.41, 5.74) is 0.494. The van der Waals surface area contributed by atoms with Gasteiger partial charge in [0.1, 0.15) is 11.5 Å². The minimum absolute atomic E-state index is 0.124. The number of hydrogen-bond acceptors (Lipinski definition) is 6. The molecule has 0 aliphatic carbocycles. The molecule has 0 radical (unpaired) electrons. The number of allylic oxidation sites excluding steroid dienone is 1. The predicted molar refractivity (Wildman–Crippen MR) is 114 cm³/mol. The smallest absolute Gasteiger partial charge is 0.231 e. The lowest BCUT2D eigenvalue weighted by atomic mass is 9.85. The molecular weight excluding hydrogens is 400 g/mol. The summed E-state index contributed by atoms with van der Waals surface area (Å²) < 4.78 is 10.7. The molecule has 154 valence electrons. The second kappa shape index (κ2) is 8.05. The summed E-state index contributed by atoms with van der Waals surface area (Å²) in [5.74, 6) is 1.14. The number of carbonyl (C=O) groups is 1. The van der Waals surface area contributed by atoms with Crippen LogP contribution in [0.4, 0.5) is 0 Å². The maximum atomic E-state index is 13.2. The fourth-order valence-electron chi connectivity index (χ4n) is 3.94. The number of nitriles is 1. The van der Waals surface area contributed by atoms with E-state index in [0.29, 0.717) is 34.3 Å². The summed E-state index contributed by atoms with van der Waals surface area (Å²) >= 11 is 1.34. The van der Waals surface area contributed by atoms with Crippen LogP contribution in [0, 0.1) is 11.3 Å². The van der Waals surface area contributed by atoms with Gasteiger partial charge in [-0.15, -0.1) is 11.8 Å². The second-order valence-corrected chi connectivity index (χ2v) is 8.12. The van der Waals surface area contributed by atoms with Gasteiger partial charge in [0.05, 0.1) is 36.1 Å². The minimum atomic E-state index is -1.49. The van der Waals surface area contributed by atoms with Crippen LogP contribution in [0.15, 0.2) is 59.1 Å². The molecule has 6 nitrogen and oxygen atoms in total. The summed E-state index contributed by atoms with van der Waals surface area (Å²) in [5, 5.41) is 21.9. The van der Waals surface area contributed by atoms with Crippen LogP contribution in [0.3, 0.4) is 0 Å². The molecule has 0 unspecified atom stereocenters. The number of amides is 1. The number of carbonyl (C=O) groups excluding carboxylic acids is 1. The molecule has 2 aliphatic heterocycles. The zero-order valence-corrected chi connectivity index (χ0v) is 17.6. The predicted octanol–water partition coefficient (Wildman–Crippen LogP) is 3.74. The molecule has 2 aliphatic rings. The third-order valence-corrected chi connectivity index (χ3v) is 6.68. The average Bonchev–Trinajstić information content (AvgIpc) is 3.13. The molecule has 30 heavy (non-hydrogen) atoms. The first-order valence-corrected chi connectivity index (χ1v) is 10.7. The lowest BCUT2D eigenvalue weighted by Gasteiger charge is -2.38. The number of rotatable bonds is 5. The molecule has 2 aromatic carbocycles. The van der Waals surface area contributed by atoms with Crippen molar-refractivity contribution in [3.8, 4) is 17.6 Å². The summed E-state index contributed by atoms with van der Waals surface area (Å²) in [6.07, 6.45) is 0.124. The van der Waals surface area contributed by atoms with Gasteiger partial charge in [-0.2, -0.15) is 5.26 Å². The minimum Gasteiger partial charge on any atom is -0.497 e. The first kappa shape index (κ1) is 20.3. The molecule has 1 N–H and O–H groups in total. The maximum Gasteiger partial charge on any atom is 0.231 e. The Balaban J connectivity index is 1.71. The number of nitrogens with zero attached hydrogens (tertiary/aromatic N) is 2. The van der Waals surface area contributed by atoms with Crippen LogP contribution in [0.5, 0.6) is 11.5 Å². The van der Waals surface area contributed by atoms with Crippen molar-refractivity contribution < 1.29 is 19.4 Å². The Morgan fingerprint density at radius 1 is 1.20 bits per heavy atom. The Kier molecular flexibility index (Phi) is 5.46. The Morgan fingerprint density at radius 3 is 2.47 bits per heavy atom. The van der Waals surface area contributed by atoms with Crippen molar-refractivity contribution in [2.24, 2.45) is 0 Å². The zero-order chi connectivity index (χ0) is 21.3. The van der Waals surface area contributed by atoms with Crippen molar-refractivity contribution in [3.05, 3.63) is 70.3 Å². The molecule has 0 spiro atoms. The molecule has 4 rings (SSSR count). The summed E-state index contributed by atoms with van der Waals surface area (Å²) in [6.45, 7) is 2.45. The van der Waals surface area contributed by atoms with Gasteiger partial charge in [-0.25, -0.2) is 0 Å². The number of methoxy groups -OCH3 is 1. The number of benzene rings is 2. The van der Waals surface area contributed by atoms with Gasteiger partial charge in [0.25, 0.3) is 0 Å². The first-order valence-electron chi connectivity index (χ1n) is 9.71. The molecule has 7 heteroatoms. The van der Waals surface area contributed by atoms with Crippen LogP contribution in [0.25, 0.3) is 0 Å². The number of fused-ring (bicyclic) bond motifs is 1. The van der Waals surface area contributed by atoms with Gasteiger partial charge >= 0.3 is 0 Å². The van der Waals surface area contributed by atoms with Crippen LogP contribution in [-0.4, -0.2) is 35.4 Å². The van der Waals surface area contributed by atoms with E-state index in [4.69, 9.17) is 9.47 Å². The van der Waals surface area contributed by atoms with E-state index in [1.165, 1.54) is 16.7 Å². The number of ether oxygens (including phenoxy) is 2. The monoisotopic (exact) mass is 422 g/mol. The number of aliphatic hydroxyl groups is 1. The lowest BCUT2D eigenvalue weighted by Crippen LogP contribution is -2.48. The quantitative estimate of drug-likeness (QED) is 0.790. The van der Waals surface area contributed by atoms with Crippen molar-refractivity contribution in [2.75, 3.05) is 19.5 Å². The Morgan fingerprint density at radius 2 is 1.87 bits per heavy atom. The Bertz CT molecular complexity index is 1030. The van der Waals surface area contributed by atoms with Crippen LogP contribution in [0.1, 0.15) is 30.4 Å². The SMILES string of the molecule is CCOc1ccc([C@@]2(O)CSC3=C(C#N)[C@H](c4ccc(OC)cc4)CC(=O)N32)cc1. The van der Waals surface area contributed by atoms with Crippen molar-refractivity contribution in [1.82, 2.24) is 4.90 Å². The van der Waals surface area contributed by atoms with Crippen LogP contribution < -0.4 is 9.47 Å². The van der Waals surface area contributed by atoms with E-state index < -0.39 is 5.72 Å². The third kappa shape index (κ3) is 3.32. The van der Waals surface area contributed by atoms with E-state index in [0.717, 1.165) is 5.56 Å². The molecule has 0 bridgehead atoms. The summed E-state index contributed by atoms with van der Waals surface area (Å²) in [6, 6.07) is 16.8. The average molecular weight is 423 g/mol. The molecule has 1 saturated heterocycles. The van der Waals surface area contributed by atoms with E-state index >= 15 is 0 Å². The standard InChI is InChI=1S/C23H22N2O4S/c1-3-29-18-10-6-16(7-11-18)23(27)14-30-22-20(13-24)19(12-21(26)25(22)23)15-4-8-17(28-2)9-5-15/h4-11,19,27H,3,12,14H2,1-2H3/t19-,23-/m0/s1. The van der Waals surface area contributed by atoms with Gasteiger partial charge in [-0.1, -0.05) is 24.3 Å². The van der Waals surface area contributed by atoms with E-state index in [1.807, 2.05) is 31.2 Å². The molecule has 2 heterocycles. The molecular formula is C23H22N2O4S. The van der Waals surface area contributed by atoms with E-state index in [2.05, 4.69) is 6.07 Å². The molecule has 1 amide bonds. The normalized spacial score (nSPS) is 23.2. The summed E-state index contributed by atoms with van der Waals surface area (Å²) in [4.78, 5) is 14.6. The second-order valence-electron chi connectivity index (χ2n) is 7.15. The van der Waals surface area contributed by atoms with Gasteiger partial charge in [-0.05, 0) is 36.8 Å². The highest BCUT2D eigenvalue weighted by molar-refractivity contribution is 8.03. The van der Waals surface area contributed by atoms with Gasteiger partial charge < -0.3 is 14.6 Å². The van der Waals surface area contributed by atoms with E-state index in [-0.39, 0.29) is 24.0 Å². The van der Waals surface area contributed by atoms with Crippen LogP contribution in [-0.2, 0) is 10.5 Å². The molecule has 0 saturated carbocycles. The van der Waals surface area contributed by atoms with Gasteiger partial charge in [0, 0.05) is 17.9 Å². The van der Waals surface area contributed by atoms with Crippen LogP contribution in [0.2, 0.25) is 0 Å². The van der Waals surface area contributed by atoms with Gasteiger partial charge in [0.2, 0.25) is 5.91 Å². The van der Waals surface area contributed by atoms with Crippen molar-refractivity contribution in [3.63, 3.8) is 0 Å². The highest BCUT2D eigenvalue weighted by Gasteiger charge is 2.51. The van der Waals surface area contributed by atoms with Gasteiger partial charge in [-0.3, -0.25) is 9.69 Å². The van der Waals surface area contributed by atoms with Crippen LogP contribution >= 0.6 is 11.8 Å². The fourth-order valence-corrected chi connectivity index (χ4v) is 5.30. The Labute approximate surface area is 179 Å². The number of hydrogen-bond donors (Lipinski definition) is 1. The molecule has 2 aromatic rings. The lowest BCUT2D eigenvalue weighted by molar-refractivity contribution is -0.149. The highest BCUT2D eigenvalue weighted by atomic mass is 32.2. The molecule has 0 aromatic heterocycles. The van der Waals surface area contributed by atoms with Crippen molar-refractivity contribution in [1.29, 1.82) is 5.26 Å². The summed E-state index contributed by atoms with van der Waals surface area (Å²) in [7, 11) is 1.59. The van der Waals surface area contributed by atoms with E-state index in [9.17, 15) is 15.2 Å². The first-order chi connectivity index (χ1) is 14.5. The zero-order valence-electron chi connectivity index (χ0n) is 16.8. The highest BCUT2D eigenvalue weighted by Crippen LogP contribution is 2.51. The van der Waals surface area contributed by atoms with Crippen molar-refractivity contribution >= 4 is 17.7 Å². The molecule has 2 atom stereocenters. The largest absolute Gasteiger partial charge is 0.497 e. The topological polar surface area (TPSA) is 82.8 Å². The van der Waals surface area contributed by atoms with Crippen molar-refractivity contribution in [2.45, 2.75) is 25.0 Å². The van der Waals surface area contributed by atoms with Gasteiger partial charge in [0.15, 0.2) is 5.72 Å².